The van der Waals surface area contributed by atoms with E-state index in [1.807, 2.05) is 77.6 Å². The average Bonchev–Trinajstić information content (AvgIpc) is 3.50. The fraction of sp³-hybridized carbons (Fsp3) is 0.208. The number of ether oxygens (including phenoxy) is 1. The molecule has 1 aliphatic heterocycles. The van der Waals surface area contributed by atoms with Gasteiger partial charge in [-0.3, -0.25) is 14.0 Å². The number of amides is 2. The van der Waals surface area contributed by atoms with Crippen LogP contribution in [-0.4, -0.2) is 34.4 Å². The highest BCUT2D eigenvalue weighted by molar-refractivity contribution is 7.15. The third-order valence-corrected chi connectivity index (χ3v) is 6.26. The average molecular weight is 447 g/mol. The summed E-state index contributed by atoms with van der Waals surface area (Å²) in [6, 6.07) is 15.0. The van der Waals surface area contributed by atoms with E-state index < -0.39 is 5.92 Å². The summed E-state index contributed by atoms with van der Waals surface area (Å²) in [4.78, 5) is 32.7. The van der Waals surface area contributed by atoms with Crippen molar-refractivity contribution in [1.82, 2.24) is 9.38 Å². The molecule has 2 aromatic heterocycles. The molecule has 1 aliphatic rings. The first-order valence-electron chi connectivity index (χ1n) is 10.5. The van der Waals surface area contributed by atoms with Gasteiger partial charge in [0.25, 0.3) is 0 Å². The topological polar surface area (TPSA) is 75.9 Å². The zero-order valence-corrected chi connectivity index (χ0v) is 18.3. The van der Waals surface area contributed by atoms with Crippen LogP contribution in [0.25, 0.3) is 16.2 Å². The molecule has 8 heteroatoms. The number of nitrogens with zero attached hydrogens (tertiary/aromatic N) is 3. The van der Waals surface area contributed by atoms with E-state index in [-0.39, 0.29) is 18.2 Å². The Balaban J connectivity index is 1.26. The van der Waals surface area contributed by atoms with Crippen molar-refractivity contribution in [2.45, 2.75) is 13.3 Å². The highest BCUT2D eigenvalue weighted by Gasteiger charge is 2.36. The molecule has 0 saturated carbocycles. The fourth-order valence-corrected chi connectivity index (χ4v) is 4.61. The largest absolute Gasteiger partial charge is 0.492 e. The monoisotopic (exact) mass is 446 g/mol. The third kappa shape index (κ3) is 3.85. The molecule has 0 bridgehead atoms. The van der Waals surface area contributed by atoms with Crippen molar-refractivity contribution < 1.29 is 14.3 Å². The quantitative estimate of drug-likeness (QED) is 0.475. The summed E-state index contributed by atoms with van der Waals surface area (Å²) < 4.78 is 7.64. The first-order valence-corrected chi connectivity index (χ1v) is 11.4. The van der Waals surface area contributed by atoms with Crippen molar-refractivity contribution in [3.8, 4) is 17.0 Å². The Morgan fingerprint density at radius 3 is 2.81 bits per heavy atom. The highest BCUT2D eigenvalue weighted by atomic mass is 32.1. The van der Waals surface area contributed by atoms with Gasteiger partial charge < -0.3 is 15.0 Å². The number of aromatic nitrogens is 2. The maximum atomic E-state index is 12.8. The van der Waals surface area contributed by atoms with Crippen molar-refractivity contribution in [3.63, 3.8) is 0 Å². The second-order valence-electron chi connectivity index (χ2n) is 7.59. The number of rotatable bonds is 6. The van der Waals surface area contributed by atoms with Crippen LogP contribution in [0, 0.1) is 5.92 Å². The molecule has 5 rings (SSSR count). The molecule has 0 spiro atoms. The number of thiazole rings is 1. The van der Waals surface area contributed by atoms with E-state index in [1.165, 1.54) is 0 Å². The first-order chi connectivity index (χ1) is 15.6. The van der Waals surface area contributed by atoms with Crippen LogP contribution < -0.4 is 15.0 Å². The molecule has 0 aliphatic carbocycles. The minimum Gasteiger partial charge on any atom is -0.492 e. The van der Waals surface area contributed by atoms with Gasteiger partial charge in [0, 0.05) is 42.0 Å². The third-order valence-electron chi connectivity index (χ3n) is 5.49. The molecule has 0 radical (unpaired) electrons. The van der Waals surface area contributed by atoms with Gasteiger partial charge in [0.1, 0.15) is 5.75 Å². The Bertz CT molecular complexity index is 1250. The predicted molar refractivity (Wildman–Crippen MR) is 125 cm³/mol. The molecule has 1 unspecified atom stereocenters. The normalized spacial score (nSPS) is 16.0. The summed E-state index contributed by atoms with van der Waals surface area (Å²) in [6.07, 6.45) is 4.14. The molecule has 32 heavy (non-hydrogen) atoms. The van der Waals surface area contributed by atoms with Crippen molar-refractivity contribution in [2.24, 2.45) is 5.92 Å². The minimum absolute atomic E-state index is 0.0765. The first kappa shape index (κ1) is 20.3. The predicted octanol–water partition coefficient (Wildman–Crippen LogP) is 4.45. The van der Waals surface area contributed by atoms with Gasteiger partial charge >= 0.3 is 0 Å². The summed E-state index contributed by atoms with van der Waals surface area (Å²) in [6.45, 7) is 2.74. The molecule has 1 fully saturated rings. The molecular formula is C24H22N4O3S. The Labute approximate surface area is 189 Å². The lowest BCUT2D eigenvalue weighted by Crippen LogP contribution is -2.28. The van der Waals surface area contributed by atoms with Gasteiger partial charge in [-0.25, -0.2) is 4.98 Å². The second kappa shape index (κ2) is 8.47. The summed E-state index contributed by atoms with van der Waals surface area (Å²) in [7, 11) is 0. The summed E-state index contributed by atoms with van der Waals surface area (Å²) in [5.74, 6) is -0.00617. The molecule has 3 heterocycles. The number of anilines is 2. The highest BCUT2D eigenvalue weighted by Crippen LogP contribution is 2.33. The summed E-state index contributed by atoms with van der Waals surface area (Å²) >= 11 is 1.59. The van der Waals surface area contributed by atoms with Crippen LogP contribution in [0.2, 0.25) is 0 Å². The molecule has 1 N–H and O–H groups in total. The number of fused-ring (bicyclic) bond motifs is 1. The van der Waals surface area contributed by atoms with Crippen LogP contribution in [-0.2, 0) is 9.59 Å². The Kier molecular flexibility index (Phi) is 5.36. The standard InChI is InChI=1S/C24H22N4O3S/c1-2-31-21-6-4-3-5-20(21)28-14-17(13-22(28)29)23(30)25-18-9-7-16(8-10-18)19-15-27-11-12-32-24(27)26-19/h3-12,15,17H,2,13-14H2,1H3,(H,25,30). The van der Waals surface area contributed by atoms with Crippen LogP contribution in [0.15, 0.2) is 66.3 Å². The van der Waals surface area contributed by atoms with Crippen molar-refractivity contribution in [2.75, 3.05) is 23.4 Å². The van der Waals surface area contributed by atoms with Gasteiger partial charge in [0.05, 0.1) is 23.9 Å². The van der Waals surface area contributed by atoms with Crippen LogP contribution in [0.5, 0.6) is 5.75 Å². The Morgan fingerprint density at radius 1 is 1.22 bits per heavy atom. The maximum Gasteiger partial charge on any atom is 0.229 e. The van der Waals surface area contributed by atoms with Crippen LogP contribution in [0.1, 0.15) is 13.3 Å². The molecule has 4 aromatic rings. The van der Waals surface area contributed by atoms with E-state index in [2.05, 4.69) is 10.3 Å². The molecule has 2 aromatic carbocycles. The van der Waals surface area contributed by atoms with E-state index >= 15 is 0 Å². The zero-order chi connectivity index (χ0) is 22.1. The van der Waals surface area contributed by atoms with E-state index in [0.29, 0.717) is 30.3 Å². The number of carbonyl (C=O) groups excluding carboxylic acids is 2. The van der Waals surface area contributed by atoms with Gasteiger partial charge in [-0.2, -0.15) is 0 Å². The van der Waals surface area contributed by atoms with Crippen molar-refractivity contribution in [1.29, 1.82) is 0 Å². The number of carbonyl (C=O) groups is 2. The number of para-hydroxylation sites is 2. The lowest BCUT2D eigenvalue weighted by Gasteiger charge is -2.20. The lowest BCUT2D eigenvalue weighted by molar-refractivity contribution is -0.122. The molecule has 7 nitrogen and oxygen atoms in total. The molecule has 162 valence electrons. The Morgan fingerprint density at radius 2 is 2.03 bits per heavy atom. The zero-order valence-electron chi connectivity index (χ0n) is 17.5. The van der Waals surface area contributed by atoms with Gasteiger partial charge in [0.2, 0.25) is 11.8 Å². The second-order valence-corrected chi connectivity index (χ2v) is 8.46. The number of hydrogen-bond donors (Lipinski definition) is 1. The number of imidazole rings is 1. The summed E-state index contributed by atoms with van der Waals surface area (Å²) in [5.41, 5.74) is 3.27. The van der Waals surface area contributed by atoms with Crippen LogP contribution >= 0.6 is 11.3 Å². The molecule has 2 amide bonds. The van der Waals surface area contributed by atoms with Gasteiger partial charge in [-0.05, 0) is 31.2 Å². The number of nitrogens with one attached hydrogen (secondary N) is 1. The van der Waals surface area contributed by atoms with E-state index in [4.69, 9.17) is 4.74 Å². The van der Waals surface area contributed by atoms with E-state index in [0.717, 1.165) is 16.2 Å². The molecule has 1 saturated heterocycles. The number of hydrogen-bond acceptors (Lipinski definition) is 5. The summed E-state index contributed by atoms with van der Waals surface area (Å²) in [5, 5.41) is 4.94. The van der Waals surface area contributed by atoms with E-state index in [1.54, 1.807) is 16.2 Å². The molecular weight excluding hydrogens is 424 g/mol. The van der Waals surface area contributed by atoms with Gasteiger partial charge in [0.15, 0.2) is 4.96 Å². The number of benzene rings is 2. The van der Waals surface area contributed by atoms with Crippen LogP contribution in [0.3, 0.4) is 0 Å². The maximum absolute atomic E-state index is 12.8. The van der Waals surface area contributed by atoms with E-state index in [9.17, 15) is 9.59 Å². The van der Waals surface area contributed by atoms with Gasteiger partial charge in [-0.15, -0.1) is 11.3 Å². The van der Waals surface area contributed by atoms with Gasteiger partial charge in [-0.1, -0.05) is 24.3 Å². The smallest absolute Gasteiger partial charge is 0.229 e. The fourth-order valence-electron chi connectivity index (χ4n) is 3.91. The minimum atomic E-state index is -0.420. The molecule has 1 atom stereocenters. The van der Waals surface area contributed by atoms with Crippen molar-refractivity contribution in [3.05, 3.63) is 66.3 Å². The van der Waals surface area contributed by atoms with Crippen molar-refractivity contribution >= 4 is 39.5 Å². The lowest BCUT2D eigenvalue weighted by atomic mass is 10.1. The Hall–Kier alpha value is -3.65. The SMILES string of the molecule is CCOc1ccccc1N1CC(C(=O)Nc2ccc(-c3cn4ccsc4n3)cc2)CC1=O. The van der Waals surface area contributed by atoms with Crippen LogP contribution in [0.4, 0.5) is 11.4 Å².